The van der Waals surface area contributed by atoms with Gasteiger partial charge in [-0.3, -0.25) is 0 Å². The number of nitrogens with zero attached hydrogens (tertiary/aromatic N) is 4. The first kappa shape index (κ1) is 20.7. The second-order valence-corrected chi connectivity index (χ2v) is 8.62. The zero-order chi connectivity index (χ0) is 23.4. The molecule has 0 N–H and O–H groups in total. The van der Waals surface area contributed by atoms with E-state index < -0.39 is 17.4 Å². The molecule has 1 atom stereocenters. The molecule has 9 heteroatoms. The van der Waals surface area contributed by atoms with Gasteiger partial charge in [-0.25, -0.2) is 13.8 Å². The molecule has 174 valence electrons. The zero-order valence-electron chi connectivity index (χ0n) is 18.7. The summed E-state index contributed by atoms with van der Waals surface area (Å²) in [7, 11) is 1.63. The lowest BCUT2D eigenvalue weighted by Gasteiger charge is -2.36. The van der Waals surface area contributed by atoms with Crippen LogP contribution in [0, 0.1) is 18.6 Å². The minimum absolute atomic E-state index is 0.0375. The average Bonchev–Trinajstić information content (AvgIpc) is 3.52. The van der Waals surface area contributed by atoms with E-state index in [0.29, 0.717) is 18.1 Å². The number of benzene rings is 2. The monoisotopic (exact) mass is 464 g/mol. The SMILES string of the molecule is COc1cc(/C=C2\CCCN3C2=NOC32COc3cc(F)cc(F)c32)ccc1-n1cnc(C)c1. The molecule has 4 heterocycles. The Morgan fingerprint density at radius 3 is 2.88 bits per heavy atom. The first-order valence-corrected chi connectivity index (χ1v) is 11.0. The van der Waals surface area contributed by atoms with Gasteiger partial charge in [0.25, 0.3) is 5.72 Å². The third kappa shape index (κ3) is 3.07. The van der Waals surface area contributed by atoms with Gasteiger partial charge in [0.15, 0.2) is 12.4 Å². The van der Waals surface area contributed by atoms with Crippen molar-refractivity contribution in [1.82, 2.24) is 14.5 Å². The predicted octanol–water partition coefficient (Wildman–Crippen LogP) is 4.54. The molecule has 1 aromatic heterocycles. The Bertz CT molecular complexity index is 1370. The van der Waals surface area contributed by atoms with E-state index in [0.717, 1.165) is 41.4 Å². The van der Waals surface area contributed by atoms with Crippen LogP contribution in [-0.4, -0.2) is 40.5 Å². The van der Waals surface area contributed by atoms with Crippen LogP contribution in [0.15, 0.2) is 53.6 Å². The van der Waals surface area contributed by atoms with E-state index in [1.807, 2.05) is 46.9 Å². The van der Waals surface area contributed by atoms with Crippen LogP contribution in [0.25, 0.3) is 11.8 Å². The molecular formula is C25H22F2N4O3. The Labute approximate surface area is 194 Å². The van der Waals surface area contributed by atoms with E-state index in [1.54, 1.807) is 13.4 Å². The topological polar surface area (TPSA) is 61.1 Å². The molecule has 0 bridgehead atoms. The van der Waals surface area contributed by atoms with E-state index in [1.165, 1.54) is 6.07 Å². The number of methoxy groups -OCH3 is 1. The van der Waals surface area contributed by atoms with Gasteiger partial charge in [0.2, 0.25) is 0 Å². The van der Waals surface area contributed by atoms with Crippen molar-refractivity contribution in [3.63, 3.8) is 0 Å². The van der Waals surface area contributed by atoms with Gasteiger partial charge in [0.1, 0.15) is 28.7 Å². The smallest absolute Gasteiger partial charge is 0.277 e. The number of ether oxygens (including phenoxy) is 2. The molecule has 2 aromatic carbocycles. The van der Waals surface area contributed by atoms with Crippen molar-refractivity contribution >= 4 is 11.9 Å². The summed E-state index contributed by atoms with van der Waals surface area (Å²) in [4.78, 5) is 12.0. The van der Waals surface area contributed by atoms with Gasteiger partial charge >= 0.3 is 0 Å². The lowest BCUT2D eigenvalue weighted by molar-refractivity contribution is -0.116. The molecule has 1 unspecified atom stereocenters. The van der Waals surface area contributed by atoms with Crippen LogP contribution in [-0.2, 0) is 10.6 Å². The number of halogens is 2. The van der Waals surface area contributed by atoms with E-state index >= 15 is 0 Å². The molecule has 1 saturated heterocycles. The summed E-state index contributed by atoms with van der Waals surface area (Å²) in [5.41, 5.74) is 2.68. The highest BCUT2D eigenvalue weighted by Crippen LogP contribution is 2.49. The number of fused-ring (bicyclic) bond motifs is 4. The van der Waals surface area contributed by atoms with Crippen molar-refractivity contribution in [3.8, 4) is 17.2 Å². The highest BCUT2D eigenvalue weighted by molar-refractivity contribution is 6.03. The Kier molecular flexibility index (Phi) is 4.62. The fourth-order valence-corrected chi connectivity index (χ4v) is 4.91. The number of hydrogen-bond donors (Lipinski definition) is 0. The maximum Gasteiger partial charge on any atom is 0.277 e. The lowest BCUT2D eigenvalue weighted by Crippen LogP contribution is -2.50. The maximum absolute atomic E-state index is 14.8. The van der Waals surface area contributed by atoms with Gasteiger partial charge in [-0.1, -0.05) is 11.2 Å². The second-order valence-electron chi connectivity index (χ2n) is 8.62. The molecule has 3 aromatic rings. The minimum atomic E-state index is -1.22. The van der Waals surface area contributed by atoms with Gasteiger partial charge in [-0.05, 0) is 49.1 Å². The molecule has 6 rings (SSSR count). The molecule has 0 amide bonds. The zero-order valence-corrected chi connectivity index (χ0v) is 18.7. The van der Waals surface area contributed by atoms with Crippen LogP contribution in [0.5, 0.6) is 11.5 Å². The predicted molar refractivity (Wildman–Crippen MR) is 121 cm³/mol. The third-order valence-electron chi connectivity index (χ3n) is 6.46. The van der Waals surface area contributed by atoms with Crippen molar-refractivity contribution in [2.75, 3.05) is 20.3 Å². The van der Waals surface area contributed by atoms with Crippen molar-refractivity contribution < 1.29 is 23.1 Å². The molecular weight excluding hydrogens is 442 g/mol. The van der Waals surface area contributed by atoms with Crippen molar-refractivity contribution in [1.29, 1.82) is 0 Å². The van der Waals surface area contributed by atoms with Crippen molar-refractivity contribution in [2.45, 2.75) is 25.5 Å². The molecule has 1 spiro atoms. The van der Waals surface area contributed by atoms with E-state index in [-0.39, 0.29) is 17.9 Å². The number of aryl methyl sites for hydroxylation is 1. The summed E-state index contributed by atoms with van der Waals surface area (Å²) in [6, 6.07) is 7.98. The fourth-order valence-electron chi connectivity index (χ4n) is 4.91. The van der Waals surface area contributed by atoms with E-state index in [9.17, 15) is 8.78 Å². The summed E-state index contributed by atoms with van der Waals surface area (Å²) >= 11 is 0. The molecule has 1 fully saturated rings. The number of hydrogen-bond acceptors (Lipinski definition) is 6. The molecule has 7 nitrogen and oxygen atoms in total. The third-order valence-corrected chi connectivity index (χ3v) is 6.46. The van der Waals surface area contributed by atoms with Gasteiger partial charge < -0.3 is 23.8 Å². The van der Waals surface area contributed by atoms with Crippen LogP contribution in [0.1, 0.15) is 29.7 Å². The number of oxime groups is 1. The first-order valence-electron chi connectivity index (χ1n) is 11.0. The van der Waals surface area contributed by atoms with Crippen LogP contribution in [0.3, 0.4) is 0 Å². The number of amidine groups is 1. The van der Waals surface area contributed by atoms with Crippen LogP contribution in [0.2, 0.25) is 0 Å². The van der Waals surface area contributed by atoms with Gasteiger partial charge in [-0.2, -0.15) is 0 Å². The van der Waals surface area contributed by atoms with Crippen LogP contribution < -0.4 is 9.47 Å². The maximum atomic E-state index is 14.8. The largest absolute Gasteiger partial charge is 0.495 e. The van der Waals surface area contributed by atoms with Crippen molar-refractivity contribution in [3.05, 3.63) is 76.9 Å². The summed E-state index contributed by atoms with van der Waals surface area (Å²) in [5, 5.41) is 4.33. The average molecular weight is 464 g/mol. The van der Waals surface area contributed by atoms with E-state index in [2.05, 4.69) is 10.1 Å². The summed E-state index contributed by atoms with van der Waals surface area (Å²) in [6.45, 7) is 2.59. The molecule has 0 aliphatic carbocycles. The molecule has 34 heavy (non-hydrogen) atoms. The Morgan fingerprint density at radius 1 is 1.21 bits per heavy atom. The quantitative estimate of drug-likeness (QED) is 0.570. The number of aromatic nitrogens is 2. The molecule has 0 saturated carbocycles. The van der Waals surface area contributed by atoms with E-state index in [4.69, 9.17) is 14.3 Å². The minimum Gasteiger partial charge on any atom is -0.495 e. The highest BCUT2D eigenvalue weighted by Gasteiger charge is 2.56. The van der Waals surface area contributed by atoms with Gasteiger partial charge in [0.05, 0.1) is 24.8 Å². The summed E-state index contributed by atoms with van der Waals surface area (Å²) < 4.78 is 41.7. The van der Waals surface area contributed by atoms with Gasteiger partial charge in [0, 0.05) is 24.9 Å². The normalized spacial score (nSPS) is 21.8. The van der Waals surface area contributed by atoms with Crippen LogP contribution in [0.4, 0.5) is 8.78 Å². The molecule has 0 radical (unpaired) electrons. The number of rotatable bonds is 3. The van der Waals surface area contributed by atoms with Crippen molar-refractivity contribution in [2.24, 2.45) is 5.16 Å². The summed E-state index contributed by atoms with van der Waals surface area (Å²) in [6.07, 6.45) is 7.35. The van der Waals surface area contributed by atoms with Crippen LogP contribution >= 0.6 is 0 Å². The van der Waals surface area contributed by atoms with Gasteiger partial charge in [-0.15, -0.1) is 0 Å². The number of imidazole rings is 1. The molecule has 3 aliphatic heterocycles. The highest BCUT2D eigenvalue weighted by atomic mass is 19.1. The summed E-state index contributed by atoms with van der Waals surface area (Å²) in [5.74, 6) is 0.118. The number of piperidine rings is 1. The molecule has 3 aliphatic rings. The second kappa shape index (κ2) is 7.58. The first-order chi connectivity index (χ1) is 16.5. The Balaban J connectivity index is 1.34. The fraction of sp³-hybridized carbons (Fsp3) is 0.280. The lowest BCUT2D eigenvalue weighted by atomic mass is 9.95. The standard InChI is InChI=1S/C25H22F2N4O3/c1-15-12-30(14-28-15)20-6-5-16(9-21(20)32-2)8-17-4-3-7-31-24(17)29-34-25(31)13-33-22-11-18(26)10-19(27)23(22)25/h5-6,8-12,14H,3-4,7,13H2,1-2H3/b17-8+. The Hall–Kier alpha value is -3.88. The Morgan fingerprint density at radius 2 is 2.09 bits per heavy atom.